The summed E-state index contributed by atoms with van der Waals surface area (Å²) in [5, 5.41) is 5.74. The minimum Gasteiger partial charge on any atom is -0.462 e. The first-order valence-electron chi connectivity index (χ1n) is 9.68. The predicted octanol–water partition coefficient (Wildman–Crippen LogP) is 3.84. The summed E-state index contributed by atoms with van der Waals surface area (Å²) in [4.78, 5) is 37.6. The molecule has 6 nitrogen and oxygen atoms in total. The molecule has 2 saturated carbocycles. The van der Waals surface area contributed by atoms with Crippen LogP contribution in [0.15, 0.2) is 53.0 Å². The highest BCUT2D eigenvalue weighted by molar-refractivity contribution is 9.10. The summed E-state index contributed by atoms with van der Waals surface area (Å²) in [7, 11) is 0. The van der Waals surface area contributed by atoms with E-state index in [0.29, 0.717) is 16.9 Å². The highest BCUT2D eigenvalue weighted by atomic mass is 79.9. The van der Waals surface area contributed by atoms with Gasteiger partial charge in [0.15, 0.2) is 0 Å². The fourth-order valence-corrected chi connectivity index (χ4v) is 5.33. The van der Waals surface area contributed by atoms with Gasteiger partial charge in [0, 0.05) is 27.3 Å². The van der Waals surface area contributed by atoms with Crippen LogP contribution >= 0.6 is 15.9 Å². The number of esters is 1. The Bertz CT molecular complexity index is 1000. The zero-order chi connectivity index (χ0) is 20.1. The van der Waals surface area contributed by atoms with Crippen LogP contribution in [0.25, 0.3) is 0 Å². The predicted molar refractivity (Wildman–Crippen MR) is 110 cm³/mol. The summed E-state index contributed by atoms with van der Waals surface area (Å²) < 4.78 is 6.34. The second kappa shape index (κ2) is 6.99. The molecule has 7 heteroatoms. The molecule has 2 aromatic carbocycles. The quantitative estimate of drug-likeness (QED) is 0.687. The molecule has 29 heavy (non-hydrogen) atoms. The Morgan fingerprint density at radius 3 is 2.59 bits per heavy atom. The molecule has 2 N–H and O–H groups in total. The van der Waals surface area contributed by atoms with Crippen molar-refractivity contribution in [2.75, 3.05) is 10.6 Å². The zero-order valence-corrected chi connectivity index (χ0v) is 17.0. The lowest BCUT2D eigenvalue weighted by Crippen LogP contribution is -2.35. The average molecular weight is 455 g/mol. The third-order valence-corrected chi connectivity index (χ3v) is 6.81. The van der Waals surface area contributed by atoms with Gasteiger partial charge in [0.25, 0.3) is 5.91 Å². The van der Waals surface area contributed by atoms with Crippen molar-refractivity contribution in [3.05, 3.63) is 58.6 Å². The topological polar surface area (TPSA) is 84.5 Å². The van der Waals surface area contributed by atoms with Crippen LogP contribution in [0.4, 0.5) is 11.4 Å². The van der Waals surface area contributed by atoms with Crippen molar-refractivity contribution in [3.8, 4) is 0 Å². The number of anilines is 2. The number of halogens is 1. The molecular formula is C22H19BrN2O4. The Hall–Kier alpha value is -2.67. The third kappa shape index (κ3) is 3.23. The van der Waals surface area contributed by atoms with Gasteiger partial charge in [-0.1, -0.05) is 22.0 Å². The number of carbonyl (C=O) groups is 3. The van der Waals surface area contributed by atoms with Crippen molar-refractivity contribution in [1.82, 2.24) is 0 Å². The van der Waals surface area contributed by atoms with Crippen LogP contribution in [-0.4, -0.2) is 23.9 Å². The monoisotopic (exact) mass is 454 g/mol. The summed E-state index contributed by atoms with van der Waals surface area (Å²) in [5.41, 5.74) is 1.67. The molecule has 5 rings (SSSR count). The third-order valence-electron chi connectivity index (χ3n) is 6.28. The van der Waals surface area contributed by atoms with Crippen molar-refractivity contribution in [1.29, 1.82) is 0 Å². The highest BCUT2D eigenvalue weighted by Crippen LogP contribution is 2.57. The van der Waals surface area contributed by atoms with E-state index in [4.69, 9.17) is 4.74 Å². The first kappa shape index (κ1) is 18.4. The van der Waals surface area contributed by atoms with E-state index in [1.54, 1.807) is 36.4 Å². The standard InChI is InChI=1S/C22H19BrN2O4/c23-13-4-6-14(7-5-13)24-20(26)11-2-1-3-15(8-11)25-21(27)18-12-9-16-17(10-12)29-22(28)19(16)18/h1-8,12,16-19H,9-10H2,(H,24,26)(H,25,27)/t12-,16+,17-,18-,19-/m0/s1. The van der Waals surface area contributed by atoms with Gasteiger partial charge in [-0.3, -0.25) is 14.4 Å². The van der Waals surface area contributed by atoms with E-state index >= 15 is 0 Å². The smallest absolute Gasteiger partial charge is 0.310 e. The first-order chi connectivity index (χ1) is 14.0. The Kier molecular flexibility index (Phi) is 4.42. The highest BCUT2D eigenvalue weighted by Gasteiger charge is 2.63. The normalized spacial score (nSPS) is 28.9. The Morgan fingerprint density at radius 1 is 1.00 bits per heavy atom. The maximum absolute atomic E-state index is 12.9. The largest absolute Gasteiger partial charge is 0.462 e. The van der Waals surface area contributed by atoms with Gasteiger partial charge in [0.05, 0.1) is 11.8 Å². The van der Waals surface area contributed by atoms with Crippen molar-refractivity contribution >= 4 is 45.1 Å². The number of nitrogens with one attached hydrogen (secondary N) is 2. The summed E-state index contributed by atoms with van der Waals surface area (Å²) in [6, 6.07) is 14.1. The Morgan fingerprint density at radius 2 is 1.79 bits per heavy atom. The number of carbonyl (C=O) groups excluding carboxylic acids is 3. The lowest BCUT2D eigenvalue weighted by atomic mass is 9.79. The van der Waals surface area contributed by atoms with Crippen LogP contribution in [0.2, 0.25) is 0 Å². The molecule has 1 heterocycles. The molecule has 2 aliphatic carbocycles. The number of hydrogen-bond acceptors (Lipinski definition) is 4. The van der Waals surface area contributed by atoms with Gasteiger partial charge in [-0.25, -0.2) is 0 Å². The van der Waals surface area contributed by atoms with E-state index in [2.05, 4.69) is 26.6 Å². The number of ether oxygens (including phenoxy) is 1. The Labute approximate surface area is 176 Å². The van der Waals surface area contributed by atoms with Gasteiger partial charge < -0.3 is 15.4 Å². The molecule has 3 fully saturated rings. The second-order valence-corrected chi connectivity index (χ2v) is 8.87. The molecule has 0 aromatic heterocycles. The van der Waals surface area contributed by atoms with Crippen LogP contribution in [-0.2, 0) is 14.3 Å². The van der Waals surface area contributed by atoms with Crippen LogP contribution < -0.4 is 10.6 Å². The number of rotatable bonds is 4. The molecule has 2 amide bonds. The van der Waals surface area contributed by atoms with E-state index in [1.165, 1.54) is 0 Å². The number of fused-ring (bicyclic) bond motifs is 1. The molecule has 2 aromatic rings. The molecule has 2 bridgehead atoms. The van der Waals surface area contributed by atoms with E-state index in [9.17, 15) is 14.4 Å². The van der Waals surface area contributed by atoms with E-state index < -0.39 is 0 Å². The van der Waals surface area contributed by atoms with Crippen molar-refractivity contribution in [3.63, 3.8) is 0 Å². The van der Waals surface area contributed by atoms with Crippen LogP contribution in [0.1, 0.15) is 23.2 Å². The van der Waals surface area contributed by atoms with Crippen LogP contribution in [0.3, 0.4) is 0 Å². The Balaban J connectivity index is 1.29. The molecule has 0 spiro atoms. The molecule has 5 atom stereocenters. The number of benzene rings is 2. The van der Waals surface area contributed by atoms with Gasteiger partial charge in [-0.2, -0.15) is 0 Å². The summed E-state index contributed by atoms with van der Waals surface area (Å²) in [6.07, 6.45) is 1.67. The molecule has 3 aliphatic rings. The van der Waals surface area contributed by atoms with E-state index in [-0.39, 0.29) is 47.6 Å². The molecular weight excluding hydrogens is 436 g/mol. The number of hydrogen-bond donors (Lipinski definition) is 2. The van der Waals surface area contributed by atoms with Crippen molar-refractivity contribution in [2.24, 2.45) is 23.7 Å². The van der Waals surface area contributed by atoms with Crippen LogP contribution in [0, 0.1) is 23.7 Å². The summed E-state index contributed by atoms with van der Waals surface area (Å²) in [5.74, 6) is -0.927. The molecule has 0 radical (unpaired) electrons. The fourth-order valence-electron chi connectivity index (χ4n) is 5.06. The minimum atomic E-state index is -0.341. The molecule has 0 unspecified atom stereocenters. The van der Waals surface area contributed by atoms with Gasteiger partial charge in [-0.15, -0.1) is 0 Å². The maximum atomic E-state index is 12.9. The fraction of sp³-hybridized carbons (Fsp3) is 0.318. The van der Waals surface area contributed by atoms with E-state index in [0.717, 1.165) is 17.3 Å². The van der Waals surface area contributed by atoms with Crippen molar-refractivity contribution < 1.29 is 19.1 Å². The SMILES string of the molecule is O=C(Nc1ccc(Br)cc1)c1cccc(NC(=O)[C@H]2[C@H]3C[C@H]4[C@@H]2C(=O)O[C@H]4C3)c1. The first-order valence-corrected chi connectivity index (χ1v) is 10.5. The summed E-state index contributed by atoms with van der Waals surface area (Å²) in [6.45, 7) is 0. The number of amides is 2. The van der Waals surface area contributed by atoms with Gasteiger partial charge >= 0.3 is 5.97 Å². The second-order valence-electron chi connectivity index (χ2n) is 7.95. The summed E-state index contributed by atoms with van der Waals surface area (Å²) >= 11 is 3.36. The maximum Gasteiger partial charge on any atom is 0.310 e. The molecule has 1 aliphatic heterocycles. The lowest BCUT2D eigenvalue weighted by molar-refractivity contribution is -0.145. The van der Waals surface area contributed by atoms with Crippen LogP contribution in [0.5, 0.6) is 0 Å². The van der Waals surface area contributed by atoms with E-state index in [1.807, 2.05) is 12.1 Å². The molecule has 1 saturated heterocycles. The van der Waals surface area contributed by atoms with Crippen molar-refractivity contribution in [2.45, 2.75) is 18.9 Å². The molecule has 148 valence electrons. The minimum absolute atomic E-state index is 0.00665. The lowest BCUT2D eigenvalue weighted by Gasteiger charge is -2.23. The van der Waals surface area contributed by atoms with Gasteiger partial charge in [0.1, 0.15) is 6.10 Å². The van der Waals surface area contributed by atoms with Gasteiger partial charge in [0.2, 0.25) is 5.91 Å². The van der Waals surface area contributed by atoms with Gasteiger partial charge in [-0.05, 0) is 61.2 Å². The zero-order valence-electron chi connectivity index (χ0n) is 15.4. The average Bonchev–Trinajstić information content (AvgIpc) is 3.32.